The molecule has 346 valence electrons. The first-order chi connectivity index (χ1) is 28.3. The van der Waals surface area contributed by atoms with Gasteiger partial charge in [-0.3, -0.25) is 19.2 Å². The fourth-order valence-electron chi connectivity index (χ4n) is 6.87. The third-order valence-corrected chi connectivity index (χ3v) is 10.1. The normalized spacial score (nSPS) is 35.4. The van der Waals surface area contributed by atoms with Crippen LogP contribution >= 0.6 is 0 Å². The number of aliphatic hydroxyl groups excluding tert-OH is 9. The second-order valence-electron chi connectivity index (χ2n) is 14.7. The number of carbonyl (C=O) groups is 5. The van der Waals surface area contributed by atoms with Crippen LogP contribution in [0.2, 0.25) is 0 Å². The van der Waals surface area contributed by atoms with E-state index in [2.05, 4.69) is 21.3 Å². The Morgan fingerprint density at radius 2 is 1.42 bits per heavy atom. The Hall–Kier alpha value is -3.25. The number of ether oxygens (including phenoxy) is 6. The first-order valence-electron chi connectivity index (χ1n) is 19.4. The summed E-state index contributed by atoms with van der Waals surface area (Å²) in [5.41, 5.74) is 0. The molecule has 14 N–H and O–H groups in total. The third-order valence-electron chi connectivity index (χ3n) is 10.1. The Morgan fingerprint density at radius 3 is 2.00 bits per heavy atom. The Morgan fingerprint density at radius 1 is 0.800 bits per heavy atom. The number of aliphatic carboxylic acids is 1. The fourth-order valence-corrected chi connectivity index (χ4v) is 6.87. The predicted octanol–water partition coefficient (Wildman–Crippen LogP) is -7.24. The molecule has 25 nitrogen and oxygen atoms in total. The summed E-state index contributed by atoms with van der Waals surface area (Å²) in [6.45, 7) is -0.534. The summed E-state index contributed by atoms with van der Waals surface area (Å²) >= 11 is 0. The number of hydrogen-bond donors (Lipinski definition) is 14. The largest absolute Gasteiger partial charge is 0.477 e. The summed E-state index contributed by atoms with van der Waals surface area (Å²) < 4.78 is 34.1. The van der Waals surface area contributed by atoms with Crippen LogP contribution in [0.4, 0.5) is 0 Å². The van der Waals surface area contributed by atoms with Gasteiger partial charge >= 0.3 is 5.97 Å². The highest BCUT2D eigenvalue weighted by molar-refractivity contribution is 5.77. The molecule has 3 aliphatic rings. The van der Waals surface area contributed by atoms with Crippen LogP contribution in [0.15, 0.2) is 0 Å². The highest BCUT2D eigenvalue weighted by Gasteiger charge is 2.57. The Labute approximate surface area is 344 Å². The smallest absolute Gasteiger partial charge is 0.364 e. The number of rotatable bonds is 22. The van der Waals surface area contributed by atoms with Crippen LogP contribution in [0.5, 0.6) is 0 Å². The summed E-state index contributed by atoms with van der Waals surface area (Å²) in [6.07, 6.45) is -22.9. The lowest BCUT2D eigenvalue weighted by atomic mass is 9.88. The van der Waals surface area contributed by atoms with Gasteiger partial charge in [-0.2, -0.15) is 0 Å². The minimum atomic E-state index is -2.87. The van der Waals surface area contributed by atoms with Gasteiger partial charge in [0.2, 0.25) is 23.6 Å². The third kappa shape index (κ3) is 13.6. The van der Waals surface area contributed by atoms with Crippen molar-refractivity contribution >= 4 is 29.6 Å². The molecule has 25 heteroatoms. The van der Waals surface area contributed by atoms with Gasteiger partial charge in [-0.15, -0.1) is 0 Å². The maximum Gasteiger partial charge on any atom is 0.364 e. The van der Waals surface area contributed by atoms with E-state index in [0.717, 1.165) is 13.8 Å². The Bertz CT molecular complexity index is 1420. The molecule has 4 amide bonds. The van der Waals surface area contributed by atoms with Crippen LogP contribution in [-0.4, -0.2) is 218 Å². The molecule has 0 spiro atoms. The predicted molar refractivity (Wildman–Crippen MR) is 196 cm³/mol. The molecule has 10 unspecified atom stereocenters. The van der Waals surface area contributed by atoms with E-state index in [0.29, 0.717) is 19.3 Å². The monoisotopic (exact) mass is 872 g/mol. The van der Waals surface area contributed by atoms with E-state index in [1.165, 1.54) is 7.05 Å². The maximum absolute atomic E-state index is 12.6. The van der Waals surface area contributed by atoms with E-state index in [9.17, 15) is 75.0 Å². The second kappa shape index (κ2) is 23.8. The molecule has 3 rings (SSSR count). The number of aliphatic hydroxyl groups is 9. The summed E-state index contributed by atoms with van der Waals surface area (Å²) in [4.78, 5) is 60.0. The number of unbranched alkanes of at least 4 members (excludes halogenated alkanes) is 1. The van der Waals surface area contributed by atoms with Gasteiger partial charge < -0.3 is 101 Å². The molecule has 0 aliphatic carbocycles. The van der Waals surface area contributed by atoms with E-state index in [1.54, 1.807) is 0 Å². The SMILES string of the molecule is CNC(=O)CCCCC(=O)NCCCO[C@@H]1OC(CO)[C@@H](O[C@@H]2OC(CO[C@]3(C(=O)O)CC(O)[C@@H](NC(C)=O)C(C(O)C(O)CO)O3)[C@H](O)C(O)C2O)C(O)C1NC(C)=O. The molecular weight excluding hydrogens is 812 g/mol. The minimum Gasteiger partial charge on any atom is -0.477 e. The van der Waals surface area contributed by atoms with E-state index >= 15 is 0 Å². The first kappa shape index (κ1) is 51.1. The van der Waals surface area contributed by atoms with Crippen LogP contribution in [0.3, 0.4) is 0 Å². The van der Waals surface area contributed by atoms with Crippen LogP contribution in [-0.2, 0) is 52.4 Å². The molecule has 16 atom stereocenters. The molecule has 0 bridgehead atoms. The van der Waals surface area contributed by atoms with Crippen molar-refractivity contribution in [2.24, 2.45) is 0 Å². The zero-order valence-corrected chi connectivity index (χ0v) is 33.4. The van der Waals surface area contributed by atoms with E-state index in [1.807, 2.05) is 0 Å². The molecule has 3 heterocycles. The van der Waals surface area contributed by atoms with Crippen molar-refractivity contribution in [3.63, 3.8) is 0 Å². The number of carboxylic acids is 1. The second-order valence-corrected chi connectivity index (χ2v) is 14.7. The number of carbonyl (C=O) groups excluding carboxylic acids is 4. The standard InChI is InChI=1S/C35H60N4O21/c1-15(42)38-23-17(44)11-35(34(53)54,60-31(23)25(48)18(45)12-40)56-14-20-26(49)28(51)29(52)33(58-20)59-30-19(13-41)57-32(24(27(30)50)39-16(2)43)55-10-6-9-37-22(47)8-5-4-7-21(46)36-3/h17-20,23-33,40-41,44-45,48-52H,4-14H2,1-3H3,(H,36,46)(H,37,47)(H,38,42)(H,39,43)(H,53,54)/t17?,18?,19?,20?,23-,24?,25?,26+,27?,28?,29?,30-,31?,32-,33+,35-/m1/s1. The highest BCUT2D eigenvalue weighted by atomic mass is 16.8. The van der Waals surface area contributed by atoms with Crippen molar-refractivity contribution < 1.29 is 103 Å². The van der Waals surface area contributed by atoms with Gasteiger partial charge in [0, 0.05) is 46.7 Å². The molecule has 0 radical (unpaired) electrons. The first-order valence-corrected chi connectivity index (χ1v) is 19.4. The lowest BCUT2D eigenvalue weighted by Crippen LogP contribution is -2.69. The molecule has 0 aromatic carbocycles. The molecule has 3 aliphatic heterocycles. The van der Waals surface area contributed by atoms with Crippen LogP contribution < -0.4 is 21.3 Å². The van der Waals surface area contributed by atoms with Crippen LogP contribution in [0.1, 0.15) is 52.4 Å². The summed E-state index contributed by atoms with van der Waals surface area (Å²) in [6, 6.07) is -2.87. The Kier molecular flexibility index (Phi) is 20.3. The molecule has 0 aromatic rings. The van der Waals surface area contributed by atoms with E-state index in [-0.39, 0.29) is 37.8 Å². The number of amides is 4. The summed E-state index contributed by atoms with van der Waals surface area (Å²) in [5, 5.41) is 115. The number of carboxylic acid groups (broad SMARTS) is 1. The van der Waals surface area contributed by atoms with Gasteiger partial charge in [-0.1, -0.05) is 0 Å². The average molecular weight is 873 g/mol. The van der Waals surface area contributed by atoms with Gasteiger partial charge in [-0.25, -0.2) is 4.79 Å². The lowest BCUT2D eigenvalue weighted by molar-refractivity contribution is -0.360. The van der Waals surface area contributed by atoms with Crippen LogP contribution in [0.25, 0.3) is 0 Å². The van der Waals surface area contributed by atoms with Gasteiger partial charge in [0.25, 0.3) is 5.79 Å². The fraction of sp³-hybridized carbons (Fsp3) is 0.857. The molecule has 0 saturated carbocycles. The van der Waals surface area contributed by atoms with Gasteiger partial charge in [0.15, 0.2) is 12.6 Å². The topological polar surface area (TPSA) is 391 Å². The maximum atomic E-state index is 12.6. The zero-order chi connectivity index (χ0) is 44.9. The summed E-state index contributed by atoms with van der Waals surface area (Å²) in [5.74, 6) is -6.50. The zero-order valence-electron chi connectivity index (χ0n) is 33.4. The van der Waals surface area contributed by atoms with Crippen molar-refractivity contribution in [3.05, 3.63) is 0 Å². The van der Waals surface area contributed by atoms with Gasteiger partial charge in [-0.05, 0) is 19.3 Å². The lowest BCUT2D eigenvalue weighted by Gasteiger charge is -2.48. The van der Waals surface area contributed by atoms with Gasteiger partial charge in [0.1, 0.15) is 67.1 Å². The van der Waals surface area contributed by atoms with E-state index in [4.69, 9.17) is 28.4 Å². The van der Waals surface area contributed by atoms with E-state index < -0.39 is 142 Å². The molecule has 0 aromatic heterocycles. The van der Waals surface area contributed by atoms with Crippen molar-refractivity contribution in [1.29, 1.82) is 0 Å². The average Bonchev–Trinajstić information content (AvgIpc) is 3.20. The highest BCUT2D eigenvalue weighted by Crippen LogP contribution is 2.35. The van der Waals surface area contributed by atoms with Crippen molar-refractivity contribution in [3.8, 4) is 0 Å². The molecular formula is C35H60N4O21. The van der Waals surface area contributed by atoms with Crippen molar-refractivity contribution in [2.45, 2.75) is 150 Å². The quantitative estimate of drug-likeness (QED) is 0.0449. The summed E-state index contributed by atoms with van der Waals surface area (Å²) in [7, 11) is 1.52. The molecule has 60 heavy (non-hydrogen) atoms. The van der Waals surface area contributed by atoms with Gasteiger partial charge in [0.05, 0.1) is 38.6 Å². The molecule has 3 saturated heterocycles. The minimum absolute atomic E-state index is 0.0570. The Balaban J connectivity index is 1.70. The van der Waals surface area contributed by atoms with Crippen molar-refractivity contribution in [2.75, 3.05) is 40.0 Å². The van der Waals surface area contributed by atoms with Crippen molar-refractivity contribution in [1.82, 2.24) is 21.3 Å². The number of nitrogens with one attached hydrogen (secondary N) is 4. The molecule has 3 fully saturated rings. The van der Waals surface area contributed by atoms with Crippen LogP contribution in [0, 0.1) is 0 Å². The number of hydrogen-bond acceptors (Lipinski definition) is 20.